The third kappa shape index (κ3) is 4.19. The molecule has 2 atom stereocenters. The second kappa shape index (κ2) is 8.60. The van der Waals surface area contributed by atoms with Gasteiger partial charge in [0.1, 0.15) is 5.82 Å². The van der Waals surface area contributed by atoms with E-state index in [1.165, 1.54) is 18.4 Å². The maximum atomic E-state index is 13.5. The van der Waals surface area contributed by atoms with Crippen LogP contribution in [0, 0.1) is 23.6 Å². The Hall–Kier alpha value is -2.66. The van der Waals surface area contributed by atoms with Crippen LogP contribution in [0.15, 0.2) is 54.7 Å². The first-order valence-corrected chi connectivity index (χ1v) is 12.5. The second-order valence-corrected chi connectivity index (χ2v) is 10.3. The highest BCUT2D eigenvalue weighted by Crippen LogP contribution is 2.45. The SMILES string of the molecule is O=C(c1cccc2[nH]ccc12)N1C[C@@H](CN2CCC(c3ccc(F)cc3)CC2)[C@H](C2CC2)C1. The molecule has 0 radical (unpaired) electrons. The number of hydrogen-bond donors (Lipinski definition) is 1. The highest BCUT2D eigenvalue weighted by atomic mass is 19.1. The van der Waals surface area contributed by atoms with Crippen LogP contribution in [0.5, 0.6) is 0 Å². The summed E-state index contributed by atoms with van der Waals surface area (Å²) >= 11 is 0. The number of piperidine rings is 1. The van der Waals surface area contributed by atoms with Crippen LogP contribution in [0.2, 0.25) is 0 Å². The number of aromatic amines is 1. The molecule has 4 nitrogen and oxygen atoms in total. The molecule has 2 aliphatic heterocycles. The Bertz CT molecular complexity index is 1130. The summed E-state index contributed by atoms with van der Waals surface area (Å²) in [6.45, 7) is 5.05. The van der Waals surface area contributed by atoms with Crippen molar-refractivity contribution in [3.05, 3.63) is 71.7 Å². The number of likely N-dealkylation sites (tertiary alicyclic amines) is 2. The number of fused-ring (bicyclic) bond motifs is 1. The van der Waals surface area contributed by atoms with E-state index >= 15 is 0 Å². The average Bonchev–Trinajstić information content (AvgIpc) is 3.41. The molecule has 0 spiro atoms. The molecule has 1 amide bonds. The molecule has 1 aromatic heterocycles. The van der Waals surface area contributed by atoms with Crippen LogP contribution in [-0.4, -0.2) is 53.4 Å². The lowest BCUT2D eigenvalue weighted by molar-refractivity contribution is 0.0781. The topological polar surface area (TPSA) is 39.3 Å². The summed E-state index contributed by atoms with van der Waals surface area (Å²) < 4.78 is 13.3. The lowest BCUT2D eigenvalue weighted by Gasteiger charge is -2.34. The van der Waals surface area contributed by atoms with Gasteiger partial charge in [0, 0.05) is 42.3 Å². The lowest BCUT2D eigenvalue weighted by atomic mass is 9.87. The summed E-state index contributed by atoms with van der Waals surface area (Å²) in [7, 11) is 0. The van der Waals surface area contributed by atoms with E-state index in [9.17, 15) is 9.18 Å². The van der Waals surface area contributed by atoms with Gasteiger partial charge in [-0.2, -0.15) is 0 Å². The maximum Gasteiger partial charge on any atom is 0.254 e. The molecule has 2 aromatic carbocycles. The third-order valence-electron chi connectivity index (χ3n) is 8.25. The molecule has 6 rings (SSSR count). The third-order valence-corrected chi connectivity index (χ3v) is 8.25. The van der Waals surface area contributed by atoms with E-state index in [1.807, 2.05) is 42.6 Å². The first-order chi connectivity index (χ1) is 16.2. The van der Waals surface area contributed by atoms with Crippen molar-refractivity contribution in [1.82, 2.24) is 14.8 Å². The quantitative estimate of drug-likeness (QED) is 0.580. The molecule has 3 fully saturated rings. The van der Waals surface area contributed by atoms with E-state index in [1.54, 1.807) is 12.1 Å². The minimum absolute atomic E-state index is 0.157. The van der Waals surface area contributed by atoms with Crippen molar-refractivity contribution in [1.29, 1.82) is 0 Å². The molecule has 33 heavy (non-hydrogen) atoms. The monoisotopic (exact) mass is 445 g/mol. The minimum atomic E-state index is -0.157. The summed E-state index contributed by atoms with van der Waals surface area (Å²) in [5.41, 5.74) is 3.12. The molecule has 1 aliphatic carbocycles. The molecule has 3 heterocycles. The normalized spacial score (nSPS) is 24.6. The van der Waals surface area contributed by atoms with Crippen LogP contribution < -0.4 is 0 Å². The van der Waals surface area contributed by atoms with Gasteiger partial charge in [-0.3, -0.25) is 4.79 Å². The zero-order chi connectivity index (χ0) is 22.4. The number of nitrogens with zero attached hydrogens (tertiary/aromatic N) is 2. The summed E-state index contributed by atoms with van der Waals surface area (Å²) in [6, 6.07) is 15.1. The molecule has 172 valence electrons. The predicted molar refractivity (Wildman–Crippen MR) is 129 cm³/mol. The number of carbonyl (C=O) groups is 1. The van der Waals surface area contributed by atoms with Crippen molar-refractivity contribution in [2.24, 2.45) is 17.8 Å². The van der Waals surface area contributed by atoms with E-state index in [-0.39, 0.29) is 11.7 Å². The van der Waals surface area contributed by atoms with Gasteiger partial charge in [0.2, 0.25) is 0 Å². The van der Waals surface area contributed by atoms with E-state index in [0.29, 0.717) is 17.8 Å². The number of H-pyrrole nitrogens is 1. The smallest absolute Gasteiger partial charge is 0.254 e. The number of nitrogens with one attached hydrogen (secondary N) is 1. The molecule has 0 unspecified atom stereocenters. The molecule has 2 saturated heterocycles. The fraction of sp³-hybridized carbons (Fsp3) is 0.464. The fourth-order valence-corrected chi connectivity index (χ4v) is 6.27. The van der Waals surface area contributed by atoms with Gasteiger partial charge in [-0.25, -0.2) is 4.39 Å². The number of hydrogen-bond acceptors (Lipinski definition) is 2. The van der Waals surface area contributed by atoms with Crippen LogP contribution >= 0.6 is 0 Å². The zero-order valence-electron chi connectivity index (χ0n) is 19.1. The van der Waals surface area contributed by atoms with Gasteiger partial charge in [0.25, 0.3) is 5.91 Å². The number of benzene rings is 2. The van der Waals surface area contributed by atoms with Crippen LogP contribution in [0.1, 0.15) is 47.5 Å². The minimum Gasteiger partial charge on any atom is -0.361 e. The Labute approximate surface area is 194 Å². The van der Waals surface area contributed by atoms with Gasteiger partial charge < -0.3 is 14.8 Å². The molecule has 3 aromatic rings. The van der Waals surface area contributed by atoms with Crippen LogP contribution in [-0.2, 0) is 0 Å². The van der Waals surface area contributed by atoms with Crippen LogP contribution in [0.25, 0.3) is 10.9 Å². The molecular weight excluding hydrogens is 413 g/mol. The van der Waals surface area contributed by atoms with Crippen molar-refractivity contribution in [3.8, 4) is 0 Å². The number of halogens is 1. The lowest BCUT2D eigenvalue weighted by Crippen LogP contribution is -2.39. The molecule has 5 heteroatoms. The van der Waals surface area contributed by atoms with Gasteiger partial charge in [0.05, 0.1) is 0 Å². The van der Waals surface area contributed by atoms with Gasteiger partial charge in [-0.05, 0) is 98.3 Å². The standard InChI is InChI=1S/C28H32FN3O/c29-23-8-6-19(7-9-23)20-11-14-31(15-12-20)16-22-17-32(18-26(22)21-4-5-21)28(33)25-2-1-3-27-24(25)10-13-30-27/h1-3,6-10,13,20-22,26,30H,4-5,11-12,14-18H2/t22-,26+/m1/s1. The van der Waals surface area contributed by atoms with E-state index in [4.69, 9.17) is 0 Å². The first-order valence-electron chi connectivity index (χ1n) is 12.5. The second-order valence-electron chi connectivity index (χ2n) is 10.3. The molecule has 1 saturated carbocycles. The fourth-order valence-electron chi connectivity index (χ4n) is 6.27. The van der Waals surface area contributed by atoms with Gasteiger partial charge in [-0.1, -0.05) is 18.2 Å². The average molecular weight is 446 g/mol. The van der Waals surface area contributed by atoms with Gasteiger partial charge >= 0.3 is 0 Å². The largest absolute Gasteiger partial charge is 0.361 e. The maximum absolute atomic E-state index is 13.5. The van der Waals surface area contributed by atoms with Gasteiger partial charge in [-0.15, -0.1) is 0 Å². The Morgan fingerprint density at radius 2 is 1.76 bits per heavy atom. The van der Waals surface area contributed by atoms with E-state index in [2.05, 4.69) is 14.8 Å². The molecule has 0 bridgehead atoms. The highest BCUT2D eigenvalue weighted by molar-refractivity contribution is 6.06. The Kier molecular flexibility index (Phi) is 5.45. The predicted octanol–water partition coefficient (Wildman–Crippen LogP) is 5.28. The van der Waals surface area contributed by atoms with Crippen molar-refractivity contribution >= 4 is 16.8 Å². The number of amides is 1. The van der Waals surface area contributed by atoms with Crippen molar-refractivity contribution in [2.75, 3.05) is 32.7 Å². The van der Waals surface area contributed by atoms with Crippen LogP contribution in [0.3, 0.4) is 0 Å². The summed E-state index contributed by atoms with van der Waals surface area (Å²) in [5, 5.41) is 1.02. The summed E-state index contributed by atoms with van der Waals surface area (Å²) in [5.74, 6) is 2.55. The molecular formula is C28H32FN3O. The molecule has 3 aliphatic rings. The van der Waals surface area contributed by atoms with Crippen LogP contribution in [0.4, 0.5) is 4.39 Å². The Balaban J connectivity index is 1.11. The van der Waals surface area contributed by atoms with Crippen molar-refractivity contribution in [2.45, 2.75) is 31.6 Å². The summed E-state index contributed by atoms with van der Waals surface area (Å²) in [4.78, 5) is 21.4. The van der Waals surface area contributed by atoms with E-state index < -0.39 is 0 Å². The van der Waals surface area contributed by atoms with Gasteiger partial charge in [0.15, 0.2) is 0 Å². The first kappa shape index (κ1) is 20.9. The molecule has 1 N–H and O–H groups in total. The number of rotatable bonds is 5. The highest BCUT2D eigenvalue weighted by Gasteiger charge is 2.44. The number of carbonyl (C=O) groups excluding carboxylic acids is 1. The Morgan fingerprint density at radius 3 is 2.52 bits per heavy atom. The van der Waals surface area contributed by atoms with E-state index in [0.717, 1.165) is 67.9 Å². The number of aromatic nitrogens is 1. The van der Waals surface area contributed by atoms with Crippen molar-refractivity contribution < 1.29 is 9.18 Å². The summed E-state index contributed by atoms with van der Waals surface area (Å²) in [6.07, 6.45) is 6.82. The van der Waals surface area contributed by atoms with Crippen molar-refractivity contribution in [3.63, 3.8) is 0 Å². The zero-order valence-corrected chi connectivity index (χ0v) is 19.1. The Morgan fingerprint density at radius 1 is 0.970 bits per heavy atom.